The van der Waals surface area contributed by atoms with Crippen molar-refractivity contribution in [2.24, 2.45) is 5.92 Å². The van der Waals surface area contributed by atoms with Crippen LogP contribution >= 0.6 is 0 Å². The first-order chi connectivity index (χ1) is 12.5. The number of benzene rings is 1. The van der Waals surface area contributed by atoms with Crippen molar-refractivity contribution < 1.29 is 9.59 Å². The Kier molecular flexibility index (Phi) is 5.97. The third-order valence-corrected chi connectivity index (χ3v) is 5.78. The maximum absolute atomic E-state index is 13.1. The van der Waals surface area contributed by atoms with Gasteiger partial charge in [0.2, 0.25) is 11.8 Å². The number of hydrogen-bond donors (Lipinski definition) is 1. The molecule has 1 N–H and O–H groups in total. The quantitative estimate of drug-likeness (QED) is 0.879. The second-order valence-corrected chi connectivity index (χ2v) is 8.03. The zero-order chi connectivity index (χ0) is 18.7. The van der Waals surface area contributed by atoms with Crippen LogP contribution in [-0.2, 0) is 22.6 Å². The molecule has 0 spiro atoms. The molecule has 1 aromatic carbocycles. The van der Waals surface area contributed by atoms with E-state index in [1.54, 1.807) is 0 Å². The van der Waals surface area contributed by atoms with Crippen molar-refractivity contribution in [1.29, 1.82) is 0 Å². The van der Waals surface area contributed by atoms with Crippen molar-refractivity contribution in [1.82, 2.24) is 15.1 Å². The van der Waals surface area contributed by atoms with Gasteiger partial charge in [0.05, 0.1) is 12.6 Å². The van der Waals surface area contributed by atoms with Gasteiger partial charge in [0, 0.05) is 25.7 Å². The van der Waals surface area contributed by atoms with Crippen molar-refractivity contribution >= 4 is 11.8 Å². The normalized spacial score (nSPS) is 21.5. The van der Waals surface area contributed by atoms with Crippen molar-refractivity contribution in [3.8, 4) is 0 Å². The molecule has 2 heterocycles. The molecule has 2 aliphatic rings. The van der Waals surface area contributed by atoms with E-state index in [0.29, 0.717) is 18.9 Å². The molecule has 0 aromatic heterocycles. The van der Waals surface area contributed by atoms with Gasteiger partial charge < -0.3 is 10.2 Å². The van der Waals surface area contributed by atoms with Gasteiger partial charge in [0.15, 0.2) is 0 Å². The van der Waals surface area contributed by atoms with E-state index < -0.39 is 0 Å². The van der Waals surface area contributed by atoms with Gasteiger partial charge in [-0.1, -0.05) is 38.1 Å². The van der Waals surface area contributed by atoms with Gasteiger partial charge in [-0.15, -0.1) is 0 Å². The summed E-state index contributed by atoms with van der Waals surface area (Å²) in [5.74, 6) is 0.578. The number of rotatable bonds is 5. The van der Waals surface area contributed by atoms with E-state index in [9.17, 15) is 9.59 Å². The van der Waals surface area contributed by atoms with Crippen LogP contribution in [0.3, 0.4) is 0 Å². The highest BCUT2D eigenvalue weighted by Gasteiger charge is 2.35. The number of carbonyl (C=O) groups is 2. The summed E-state index contributed by atoms with van der Waals surface area (Å²) in [4.78, 5) is 29.7. The zero-order valence-corrected chi connectivity index (χ0v) is 16.2. The van der Waals surface area contributed by atoms with Gasteiger partial charge in [-0.3, -0.25) is 14.5 Å². The number of hydrogen-bond acceptors (Lipinski definition) is 3. The molecule has 0 aliphatic carbocycles. The fourth-order valence-electron chi connectivity index (χ4n) is 3.79. The van der Waals surface area contributed by atoms with Crippen LogP contribution in [-0.4, -0.2) is 53.3 Å². The molecule has 0 unspecified atom stereocenters. The number of nitrogens with one attached hydrogen (secondary N) is 1. The summed E-state index contributed by atoms with van der Waals surface area (Å²) in [7, 11) is 0. The lowest BCUT2D eigenvalue weighted by Crippen LogP contribution is -2.54. The van der Waals surface area contributed by atoms with Gasteiger partial charge in [0.25, 0.3) is 0 Å². The third-order valence-electron chi connectivity index (χ3n) is 5.78. The molecule has 2 atom stereocenters. The second kappa shape index (κ2) is 8.21. The van der Waals surface area contributed by atoms with Crippen molar-refractivity contribution in [2.45, 2.75) is 58.7 Å². The zero-order valence-electron chi connectivity index (χ0n) is 16.2. The maximum Gasteiger partial charge on any atom is 0.240 e. The van der Waals surface area contributed by atoms with Gasteiger partial charge in [-0.05, 0) is 43.2 Å². The van der Waals surface area contributed by atoms with E-state index in [2.05, 4.69) is 36.2 Å². The second-order valence-electron chi connectivity index (χ2n) is 8.03. The van der Waals surface area contributed by atoms with E-state index in [0.717, 1.165) is 25.9 Å². The predicted octanol–water partition coefficient (Wildman–Crippen LogP) is 2.20. The Hall–Kier alpha value is -1.88. The van der Waals surface area contributed by atoms with Crippen LogP contribution in [0.15, 0.2) is 24.3 Å². The molecule has 26 heavy (non-hydrogen) atoms. The third kappa shape index (κ3) is 4.26. The Bertz CT molecular complexity index is 652. The summed E-state index contributed by atoms with van der Waals surface area (Å²) in [6.07, 6.45) is 2.86. The summed E-state index contributed by atoms with van der Waals surface area (Å²) in [5, 5.41) is 3.07. The van der Waals surface area contributed by atoms with Crippen LogP contribution in [0.1, 0.15) is 44.7 Å². The molecule has 0 saturated carbocycles. The van der Waals surface area contributed by atoms with E-state index in [1.807, 2.05) is 24.0 Å². The molecule has 0 radical (unpaired) electrons. The molecule has 5 nitrogen and oxygen atoms in total. The average Bonchev–Trinajstić information content (AvgIpc) is 3.15. The SMILES string of the molecule is CC(C)[C@H](C)NC(=O)CN1Cc2ccccc2C[C@@H]1C(=O)N1CCCC1. The molecule has 3 rings (SSSR count). The van der Waals surface area contributed by atoms with E-state index in [4.69, 9.17) is 0 Å². The standard InChI is InChI=1S/C21H31N3O2/c1-15(2)16(3)22-20(25)14-24-13-18-9-5-4-8-17(18)12-19(24)21(26)23-10-6-7-11-23/h4-5,8-9,15-16,19H,6-7,10-14H2,1-3H3,(H,22,25)/t16-,19+/m0/s1. The molecule has 0 bridgehead atoms. The summed E-state index contributed by atoms with van der Waals surface area (Å²) in [5.41, 5.74) is 2.46. The molecule has 2 amide bonds. The van der Waals surface area contributed by atoms with E-state index in [1.165, 1.54) is 11.1 Å². The Morgan fingerprint density at radius 2 is 1.77 bits per heavy atom. The fraction of sp³-hybridized carbons (Fsp3) is 0.619. The molecule has 1 aromatic rings. The van der Waals surface area contributed by atoms with Crippen molar-refractivity contribution in [3.05, 3.63) is 35.4 Å². The molecular weight excluding hydrogens is 326 g/mol. The Morgan fingerprint density at radius 1 is 1.12 bits per heavy atom. The number of amides is 2. The summed E-state index contributed by atoms with van der Waals surface area (Å²) >= 11 is 0. The molecule has 2 aliphatic heterocycles. The number of fused-ring (bicyclic) bond motifs is 1. The van der Waals surface area contributed by atoms with Gasteiger partial charge in [-0.2, -0.15) is 0 Å². The molecule has 1 saturated heterocycles. The first-order valence-electron chi connectivity index (χ1n) is 9.84. The Balaban J connectivity index is 1.75. The first kappa shape index (κ1) is 18.9. The highest BCUT2D eigenvalue weighted by atomic mass is 16.2. The van der Waals surface area contributed by atoms with Crippen LogP contribution in [0.4, 0.5) is 0 Å². The van der Waals surface area contributed by atoms with E-state index in [-0.39, 0.29) is 30.4 Å². The minimum absolute atomic E-state index is 0.00445. The van der Waals surface area contributed by atoms with Crippen molar-refractivity contribution in [3.63, 3.8) is 0 Å². The van der Waals surface area contributed by atoms with E-state index >= 15 is 0 Å². The van der Waals surface area contributed by atoms with Crippen molar-refractivity contribution in [2.75, 3.05) is 19.6 Å². The number of carbonyl (C=O) groups excluding carboxylic acids is 2. The van der Waals surface area contributed by atoms with Crippen LogP contribution in [0.2, 0.25) is 0 Å². The van der Waals surface area contributed by atoms with Crippen LogP contribution in [0.25, 0.3) is 0 Å². The molecule has 142 valence electrons. The average molecular weight is 357 g/mol. The van der Waals surface area contributed by atoms with Gasteiger partial charge >= 0.3 is 0 Å². The predicted molar refractivity (Wildman–Crippen MR) is 103 cm³/mol. The molecule has 5 heteroatoms. The highest BCUT2D eigenvalue weighted by molar-refractivity contribution is 5.84. The first-order valence-corrected chi connectivity index (χ1v) is 9.84. The molecular formula is C21H31N3O2. The van der Waals surface area contributed by atoms with Crippen LogP contribution in [0, 0.1) is 5.92 Å². The Morgan fingerprint density at radius 3 is 2.42 bits per heavy atom. The number of likely N-dealkylation sites (tertiary alicyclic amines) is 1. The van der Waals surface area contributed by atoms with Gasteiger partial charge in [-0.25, -0.2) is 0 Å². The van der Waals surface area contributed by atoms with Gasteiger partial charge in [0.1, 0.15) is 0 Å². The smallest absolute Gasteiger partial charge is 0.240 e. The topological polar surface area (TPSA) is 52.7 Å². The lowest BCUT2D eigenvalue weighted by Gasteiger charge is -2.37. The largest absolute Gasteiger partial charge is 0.352 e. The minimum Gasteiger partial charge on any atom is -0.352 e. The highest BCUT2D eigenvalue weighted by Crippen LogP contribution is 2.25. The lowest BCUT2D eigenvalue weighted by molar-refractivity contribution is -0.137. The number of nitrogens with zero attached hydrogens (tertiary/aromatic N) is 2. The molecule has 1 fully saturated rings. The minimum atomic E-state index is -0.233. The van der Waals surface area contributed by atoms with Crippen LogP contribution < -0.4 is 5.32 Å². The van der Waals surface area contributed by atoms with Crippen LogP contribution in [0.5, 0.6) is 0 Å². The Labute approximate surface area is 156 Å². The summed E-state index contributed by atoms with van der Waals surface area (Å²) in [6.45, 7) is 8.85. The lowest BCUT2D eigenvalue weighted by atomic mass is 9.93. The monoisotopic (exact) mass is 357 g/mol. The fourth-order valence-corrected chi connectivity index (χ4v) is 3.79. The summed E-state index contributed by atoms with van der Waals surface area (Å²) in [6, 6.07) is 8.17. The summed E-state index contributed by atoms with van der Waals surface area (Å²) < 4.78 is 0. The maximum atomic E-state index is 13.1.